The molecule has 2 aliphatic rings. The summed E-state index contributed by atoms with van der Waals surface area (Å²) >= 11 is 0. The molecule has 150 valence electrons. The first-order chi connectivity index (χ1) is 13.0. The van der Waals surface area contributed by atoms with Gasteiger partial charge < -0.3 is 4.90 Å². The van der Waals surface area contributed by atoms with Crippen LogP contribution in [0.4, 0.5) is 4.39 Å². The Hall–Kier alpha value is -1.46. The Morgan fingerprint density at radius 3 is 2.41 bits per heavy atom. The van der Waals surface area contributed by atoms with Gasteiger partial charge in [-0.25, -0.2) is 4.39 Å². The molecule has 0 unspecified atom stereocenters. The minimum atomic E-state index is -0.183. The molecule has 27 heavy (non-hydrogen) atoms. The van der Waals surface area contributed by atoms with Crippen LogP contribution in [0.15, 0.2) is 24.3 Å². The second kappa shape index (κ2) is 9.65. The van der Waals surface area contributed by atoms with Crippen LogP contribution in [0.3, 0.4) is 0 Å². The fraction of sp³-hybridized carbons (Fsp3) is 0.682. The lowest BCUT2D eigenvalue weighted by Crippen LogP contribution is -2.47. The second-order valence-corrected chi connectivity index (χ2v) is 8.44. The van der Waals surface area contributed by atoms with Crippen molar-refractivity contribution in [1.82, 2.24) is 14.7 Å². The summed E-state index contributed by atoms with van der Waals surface area (Å²) in [5.41, 5.74) is 1.15. The van der Waals surface area contributed by atoms with Crippen molar-refractivity contribution in [2.75, 3.05) is 39.3 Å². The SMILES string of the molecule is CC(C)[C@H]1CN(CC(=O)N2CCCCC2)CCCN1Cc1ccc(F)cc1. The molecule has 1 atom stereocenters. The minimum absolute atomic E-state index is 0.183. The van der Waals surface area contributed by atoms with E-state index in [-0.39, 0.29) is 5.82 Å². The number of likely N-dealkylation sites (tertiary alicyclic amines) is 1. The van der Waals surface area contributed by atoms with Crippen LogP contribution in [0.25, 0.3) is 0 Å². The zero-order valence-corrected chi connectivity index (χ0v) is 16.9. The van der Waals surface area contributed by atoms with E-state index in [1.54, 1.807) is 12.1 Å². The number of piperidine rings is 1. The van der Waals surface area contributed by atoms with Crippen molar-refractivity contribution >= 4 is 5.91 Å². The average molecular weight is 376 g/mol. The summed E-state index contributed by atoms with van der Waals surface area (Å²) in [6, 6.07) is 7.26. The number of carbonyl (C=O) groups excluding carboxylic acids is 1. The predicted octanol–water partition coefficient (Wildman–Crippen LogP) is 3.37. The summed E-state index contributed by atoms with van der Waals surface area (Å²) in [6.45, 7) is 10.7. The summed E-state index contributed by atoms with van der Waals surface area (Å²) in [5.74, 6) is 0.623. The Morgan fingerprint density at radius 2 is 1.74 bits per heavy atom. The molecule has 0 radical (unpaired) electrons. The standard InChI is InChI=1S/C22H34FN3O/c1-18(2)21-16-24(17-22(27)25-12-4-3-5-13-25)11-6-14-26(21)15-19-7-9-20(23)10-8-19/h7-10,18,21H,3-6,11-17H2,1-2H3/t21-/m1/s1. The molecule has 0 N–H and O–H groups in total. The predicted molar refractivity (Wildman–Crippen MR) is 107 cm³/mol. The highest BCUT2D eigenvalue weighted by atomic mass is 19.1. The van der Waals surface area contributed by atoms with Gasteiger partial charge in [0.2, 0.25) is 5.91 Å². The monoisotopic (exact) mass is 375 g/mol. The summed E-state index contributed by atoms with van der Waals surface area (Å²) in [7, 11) is 0. The van der Waals surface area contributed by atoms with E-state index in [0.29, 0.717) is 24.4 Å². The van der Waals surface area contributed by atoms with Gasteiger partial charge in [0.25, 0.3) is 0 Å². The lowest BCUT2D eigenvalue weighted by atomic mass is 10.0. The highest BCUT2D eigenvalue weighted by molar-refractivity contribution is 5.78. The van der Waals surface area contributed by atoms with Crippen LogP contribution in [-0.4, -0.2) is 65.9 Å². The molecule has 0 aliphatic carbocycles. The molecular formula is C22H34FN3O. The first kappa shape index (κ1) is 20.3. The molecule has 1 aromatic carbocycles. The fourth-order valence-electron chi connectivity index (χ4n) is 4.37. The number of nitrogens with zero attached hydrogens (tertiary/aromatic N) is 3. The largest absolute Gasteiger partial charge is 0.342 e. The third-order valence-electron chi connectivity index (χ3n) is 5.97. The van der Waals surface area contributed by atoms with Crippen LogP contribution < -0.4 is 0 Å². The van der Waals surface area contributed by atoms with E-state index in [2.05, 4.69) is 28.5 Å². The normalized spacial score (nSPS) is 22.8. The highest BCUT2D eigenvalue weighted by Crippen LogP contribution is 2.20. The molecule has 0 saturated carbocycles. The van der Waals surface area contributed by atoms with Crippen LogP contribution >= 0.6 is 0 Å². The number of halogens is 1. The van der Waals surface area contributed by atoms with Gasteiger partial charge in [-0.3, -0.25) is 14.6 Å². The van der Waals surface area contributed by atoms with Crippen LogP contribution in [-0.2, 0) is 11.3 Å². The molecule has 4 nitrogen and oxygen atoms in total. The third kappa shape index (κ3) is 5.76. The maximum Gasteiger partial charge on any atom is 0.236 e. The van der Waals surface area contributed by atoms with Crippen LogP contribution in [0.2, 0.25) is 0 Å². The number of carbonyl (C=O) groups is 1. The zero-order valence-electron chi connectivity index (χ0n) is 16.9. The average Bonchev–Trinajstić information content (AvgIpc) is 2.86. The molecule has 2 aliphatic heterocycles. The van der Waals surface area contributed by atoms with Crippen molar-refractivity contribution < 1.29 is 9.18 Å². The van der Waals surface area contributed by atoms with Gasteiger partial charge in [-0.15, -0.1) is 0 Å². The van der Waals surface area contributed by atoms with Crippen molar-refractivity contribution in [3.63, 3.8) is 0 Å². The minimum Gasteiger partial charge on any atom is -0.342 e. The second-order valence-electron chi connectivity index (χ2n) is 8.44. The first-order valence-corrected chi connectivity index (χ1v) is 10.5. The Morgan fingerprint density at radius 1 is 1.04 bits per heavy atom. The first-order valence-electron chi connectivity index (χ1n) is 10.5. The molecule has 2 heterocycles. The van der Waals surface area contributed by atoms with Crippen molar-refractivity contribution in [2.24, 2.45) is 5.92 Å². The molecule has 0 aromatic heterocycles. The number of rotatable bonds is 5. The van der Waals surface area contributed by atoms with Crippen LogP contribution in [0.5, 0.6) is 0 Å². The number of amides is 1. The van der Waals surface area contributed by atoms with E-state index in [0.717, 1.165) is 64.1 Å². The van der Waals surface area contributed by atoms with Crippen LogP contribution in [0, 0.1) is 11.7 Å². The van der Waals surface area contributed by atoms with E-state index < -0.39 is 0 Å². The van der Waals surface area contributed by atoms with Gasteiger partial charge in [0, 0.05) is 38.8 Å². The van der Waals surface area contributed by atoms with Crippen LogP contribution in [0.1, 0.15) is 45.1 Å². The van der Waals surface area contributed by atoms with E-state index in [1.165, 1.54) is 6.42 Å². The molecule has 0 spiro atoms. The molecule has 2 fully saturated rings. The van der Waals surface area contributed by atoms with E-state index >= 15 is 0 Å². The molecule has 2 saturated heterocycles. The fourth-order valence-corrected chi connectivity index (χ4v) is 4.37. The lowest BCUT2D eigenvalue weighted by Gasteiger charge is -2.35. The molecular weight excluding hydrogens is 341 g/mol. The molecule has 0 bridgehead atoms. The summed E-state index contributed by atoms with van der Waals surface area (Å²) < 4.78 is 13.2. The lowest BCUT2D eigenvalue weighted by molar-refractivity contribution is -0.133. The smallest absolute Gasteiger partial charge is 0.236 e. The molecule has 5 heteroatoms. The van der Waals surface area contributed by atoms with Crippen molar-refractivity contribution in [2.45, 2.75) is 52.1 Å². The molecule has 3 rings (SSSR count). The maximum atomic E-state index is 13.2. The van der Waals surface area contributed by atoms with E-state index in [9.17, 15) is 9.18 Å². The molecule has 1 amide bonds. The van der Waals surface area contributed by atoms with Gasteiger partial charge in [-0.05, 0) is 55.8 Å². The van der Waals surface area contributed by atoms with Gasteiger partial charge in [0.05, 0.1) is 6.54 Å². The maximum absolute atomic E-state index is 13.2. The van der Waals surface area contributed by atoms with Gasteiger partial charge in [-0.1, -0.05) is 26.0 Å². The number of benzene rings is 1. The number of hydrogen-bond donors (Lipinski definition) is 0. The summed E-state index contributed by atoms with van der Waals surface area (Å²) in [6.07, 6.45) is 4.61. The van der Waals surface area contributed by atoms with Crippen molar-refractivity contribution in [1.29, 1.82) is 0 Å². The summed E-state index contributed by atoms with van der Waals surface area (Å²) in [4.78, 5) is 19.6. The Labute approximate surface area is 163 Å². The molecule has 1 aromatic rings. The van der Waals surface area contributed by atoms with Gasteiger partial charge in [-0.2, -0.15) is 0 Å². The number of hydrogen-bond acceptors (Lipinski definition) is 3. The third-order valence-corrected chi connectivity index (χ3v) is 5.97. The zero-order chi connectivity index (χ0) is 19.2. The van der Waals surface area contributed by atoms with E-state index in [1.807, 2.05) is 12.1 Å². The van der Waals surface area contributed by atoms with Gasteiger partial charge in [0.15, 0.2) is 0 Å². The van der Waals surface area contributed by atoms with Gasteiger partial charge in [0.1, 0.15) is 5.82 Å². The summed E-state index contributed by atoms with van der Waals surface area (Å²) in [5, 5.41) is 0. The van der Waals surface area contributed by atoms with Crippen molar-refractivity contribution in [3.05, 3.63) is 35.6 Å². The Bertz CT molecular complexity index is 598. The Kier molecular flexibility index (Phi) is 7.25. The van der Waals surface area contributed by atoms with Gasteiger partial charge >= 0.3 is 0 Å². The van der Waals surface area contributed by atoms with Crippen molar-refractivity contribution in [3.8, 4) is 0 Å². The Balaban J connectivity index is 1.61. The topological polar surface area (TPSA) is 26.8 Å². The highest BCUT2D eigenvalue weighted by Gasteiger charge is 2.29. The quantitative estimate of drug-likeness (QED) is 0.789. The van der Waals surface area contributed by atoms with E-state index in [4.69, 9.17) is 0 Å².